The molecule has 2 aromatic rings. The van der Waals surface area contributed by atoms with Crippen LogP contribution in [-0.4, -0.2) is 41.9 Å². The second-order valence-electron chi connectivity index (χ2n) is 5.03. The first-order valence-corrected chi connectivity index (χ1v) is 7.62. The van der Waals surface area contributed by atoms with Gasteiger partial charge in [0.15, 0.2) is 5.13 Å². The van der Waals surface area contributed by atoms with E-state index in [1.165, 1.54) is 18.4 Å². The Balaban J connectivity index is 1.70. The van der Waals surface area contributed by atoms with Crippen LogP contribution in [0.15, 0.2) is 18.2 Å². The fraction of sp³-hybridized carbons (Fsp3) is 0.286. The fourth-order valence-corrected chi connectivity index (χ4v) is 3.18. The molecule has 0 saturated carbocycles. The lowest BCUT2D eigenvalue weighted by atomic mass is 10.1. The smallest absolute Gasteiger partial charge is 0.253 e. The molecular formula is C14H14N4O4S. The molecule has 1 aliphatic heterocycles. The second-order valence-corrected chi connectivity index (χ2v) is 6.06. The van der Waals surface area contributed by atoms with Gasteiger partial charge < -0.3 is 10.1 Å². The number of carbonyl (C=O) groups is 3. The largest absolute Gasteiger partial charge is 0.497 e. The van der Waals surface area contributed by atoms with Gasteiger partial charge in [-0.25, -0.2) is 4.98 Å². The summed E-state index contributed by atoms with van der Waals surface area (Å²) < 4.78 is 6.01. The first-order valence-electron chi connectivity index (χ1n) is 6.80. The average molecular weight is 334 g/mol. The van der Waals surface area contributed by atoms with Gasteiger partial charge in [0, 0.05) is 13.5 Å². The predicted molar refractivity (Wildman–Crippen MR) is 83.8 cm³/mol. The highest BCUT2D eigenvalue weighted by molar-refractivity contribution is 7.22. The number of anilines is 1. The highest BCUT2D eigenvalue weighted by Gasteiger charge is 2.38. The summed E-state index contributed by atoms with van der Waals surface area (Å²) in [7, 11) is 3.02. The molecule has 3 amide bonds. The number of fused-ring (bicyclic) bond motifs is 1. The van der Waals surface area contributed by atoms with Crippen molar-refractivity contribution in [2.45, 2.75) is 6.42 Å². The molecule has 1 aromatic carbocycles. The molecule has 1 unspecified atom stereocenters. The summed E-state index contributed by atoms with van der Waals surface area (Å²) >= 11 is 1.30. The summed E-state index contributed by atoms with van der Waals surface area (Å²) in [4.78, 5) is 39.7. The van der Waals surface area contributed by atoms with E-state index < -0.39 is 23.6 Å². The van der Waals surface area contributed by atoms with E-state index in [1.54, 1.807) is 19.2 Å². The summed E-state index contributed by atoms with van der Waals surface area (Å²) in [5.41, 5.74) is 3.09. The summed E-state index contributed by atoms with van der Waals surface area (Å²) in [5, 5.41) is 4.13. The zero-order valence-corrected chi connectivity index (χ0v) is 13.3. The van der Waals surface area contributed by atoms with Gasteiger partial charge in [0.2, 0.25) is 5.91 Å². The SMILES string of the molecule is COc1ccc2nc(NC(=O)CC3C(=O)NN(C)C3=O)sc2c1. The minimum absolute atomic E-state index is 0.214. The van der Waals surface area contributed by atoms with Crippen molar-refractivity contribution < 1.29 is 19.1 Å². The molecule has 1 aromatic heterocycles. The normalized spacial score (nSPS) is 17.5. The van der Waals surface area contributed by atoms with Crippen molar-refractivity contribution in [3.8, 4) is 5.75 Å². The number of nitrogens with zero attached hydrogens (tertiary/aromatic N) is 2. The van der Waals surface area contributed by atoms with Crippen LogP contribution in [0, 0.1) is 5.92 Å². The number of hydrogen-bond donors (Lipinski definition) is 2. The van der Waals surface area contributed by atoms with Crippen LogP contribution in [0.5, 0.6) is 5.75 Å². The summed E-state index contributed by atoms with van der Waals surface area (Å²) in [6, 6.07) is 5.40. The number of carbonyl (C=O) groups excluding carboxylic acids is 3. The molecule has 1 saturated heterocycles. The lowest BCUT2D eigenvalue weighted by molar-refractivity contribution is -0.134. The number of ether oxygens (including phenoxy) is 1. The quantitative estimate of drug-likeness (QED) is 0.804. The monoisotopic (exact) mass is 334 g/mol. The molecule has 120 valence electrons. The van der Waals surface area contributed by atoms with Gasteiger partial charge in [-0.1, -0.05) is 11.3 Å². The Kier molecular flexibility index (Phi) is 3.87. The van der Waals surface area contributed by atoms with Crippen LogP contribution in [0.3, 0.4) is 0 Å². The van der Waals surface area contributed by atoms with Gasteiger partial charge in [0.1, 0.15) is 11.7 Å². The van der Waals surface area contributed by atoms with Crippen molar-refractivity contribution in [3.05, 3.63) is 18.2 Å². The van der Waals surface area contributed by atoms with E-state index >= 15 is 0 Å². The maximum atomic E-state index is 12.0. The number of aromatic nitrogens is 1. The first kappa shape index (κ1) is 15.2. The van der Waals surface area contributed by atoms with Crippen molar-refractivity contribution >= 4 is 44.4 Å². The van der Waals surface area contributed by atoms with Gasteiger partial charge in [0.05, 0.1) is 17.3 Å². The molecule has 9 heteroatoms. The molecule has 0 aliphatic carbocycles. The molecule has 8 nitrogen and oxygen atoms in total. The van der Waals surface area contributed by atoms with Crippen LogP contribution in [0.25, 0.3) is 10.2 Å². The Hall–Kier alpha value is -2.68. The number of hydrogen-bond acceptors (Lipinski definition) is 6. The van der Waals surface area contributed by atoms with Crippen molar-refractivity contribution in [3.63, 3.8) is 0 Å². The summed E-state index contributed by atoms with van der Waals surface area (Å²) in [6.07, 6.45) is -0.214. The molecule has 0 spiro atoms. The Bertz CT molecular complexity index is 803. The summed E-state index contributed by atoms with van der Waals surface area (Å²) in [6.45, 7) is 0. The molecule has 2 N–H and O–H groups in total. The van der Waals surface area contributed by atoms with Gasteiger partial charge in [-0.05, 0) is 18.2 Å². The second kappa shape index (κ2) is 5.84. The van der Waals surface area contributed by atoms with E-state index in [4.69, 9.17) is 4.74 Å². The van der Waals surface area contributed by atoms with Gasteiger partial charge in [0.25, 0.3) is 11.8 Å². The fourth-order valence-electron chi connectivity index (χ4n) is 2.27. The average Bonchev–Trinajstić information content (AvgIpc) is 3.01. The molecule has 23 heavy (non-hydrogen) atoms. The van der Waals surface area contributed by atoms with Gasteiger partial charge in [-0.3, -0.25) is 24.8 Å². The minimum Gasteiger partial charge on any atom is -0.497 e. The molecule has 3 rings (SSSR count). The summed E-state index contributed by atoms with van der Waals surface area (Å²) in [5.74, 6) is -1.61. The minimum atomic E-state index is -0.991. The molecule has 0 bridgehead atoms. The first-order chi connectivity index (χ1) is 11.0. The van der Waals surface area contributed by atoms with E-state index in [-0.39, 0.29) is 6.42 Å². The van der Waals surface area contributed by atoms with Gasteiger partial charge >= 0.3 is 0 Å². The highest BCUT2D eigenvalue weighted by Crippen LogP contribution is 2.29. The topological polar surface area (TPSA) is 101 Å². The zero-order valence-electron chi connectivity index (χ0n) is 12.5. The number of hydrazine groups is 1. The maximum absolute atomic E-state index is 12.0. The highest BCUT2D eigenvalue weighted by atomic mass is 32.1. The van der Waals surface area contributed by atoms with E-state index in [2.05, 4.69) is 15.7 Å². The molecule has 1 aliphatic rings. The lowest BCUT2D eigenvalue weighted by Crippen LogP contribution is -2.31. The van der Waals surface area contributed by atoms with Crippen molar-refractivity contribution in [2.24, 2.45) is 5.92 Å². The third-order valence-electron chi connectivity index (χ3n) is 3.45. The third-order valence-corrected chi connectivity index (χ3v) is 4.39. The standard InChI is InChI=1S/C14H14N4O4S/c1-18-13(21)8(12(20)17-18)6-11(19)16-14-15-9-4-3-7(22-2)5-10(9)23-14/h3-5,8H,6H2,1-2H3,(H,17,20)(H,15,16,19). The van der Waals surface area contributed by atoms with E-state index in [0.717, 1.165) is 15.2 Å². The molecule has 1 atom stereocenters. The van der Waals surface area contributed by atoms with E-state index in [0.29, 0.717) is 10.9 Å². The van der Waals surface area contributed by atoms with E-state index in [1.807, 2.05) is 6.07 Å². The van der Waals surface area contributed by atoms with E-state index in [9.17, 15) is 14.4 Å². The van der Waals surface area contributed by atoms with Crippen LogP contribution in [0.4, 0.5) is 5.13 Å². The number of methoxy groups -OCH3 is 1. The van der Waals surface area contributed by atoms with Crippen molar-refractivity contribution in [1.82, 2.24) is 15.4 Å². The zero-order chi connectivity index (χ0) is 16.6. The number of rotatable bonds is 4. The van der Waals surface area contributed by atoms with Gasteiger partial charge in [-0.2, -0.15) is 0 Å². The Morgan fingerprint density at radius 1 is 1.48 bits per heavy atom. The molecule has 1 fully saturated rings. The van der Waals surface area contributed by atoms with Crippen molar-refractivity contribution in [1.29, 1.82) is 0 Å². The lowest BCUT2D eigenvalue weighted by Gasteiger charge is -2.06. The Morgan fingerprint density at radius 3 is 2.91 bits per heavy atom. The molecular weight excluding hydrogens is 320 g/mol. The molecule has 0 radical (unpaired) electrons. The Labute approximate surface area is 135 Å². The van der Waals surface area contributed by atoms with Crippen LogP contribution in [0.1, 0.15) is 6.42 Å². The maximum Gasteiger partial charge on any atom is 0.253 e. The third kappa shape index (κ3) is 2.95. The van der Waals surface area contributed by atoms with Crippen LogP contribution in [0.2, 0.25) is 0 Å². The number of thiazole rings is 1. The number of nitrogens with one attached hydrogen (secondary N) is 2. The predicted octanol–water partition coefficient (Wildman–Crippen LogP) is 0.753. The Morgan fingerprint density at radius 2 is 2.26 bits per heavy atom. The van der Waals surface area contributed by atoms with Crippen LogP contribution in [-0.2, 0) is 14.4 Å². The number of benzene rings is 1. The molecule has 2 heterocycles. The van der Waals surface area contributed by atoms with Crippen molar-refractivity contribution in [2.75, 3.05) is 19.5 Å². The van der Waals surface area contributed by atoms with Crippen LogP contribution < -0.4 is 15.5 Å². The van der Waals surface area contributed by atoms with Crippen LogP contribution >= 0.6 is 11.3 Å². The number of amides is 3. The van der Waals surface area contributed by atoms with Gasteiger partial charge in [-0.15, -0.1) is 0 Å².